The predicted molar refractivity (Wildman–Crippen MR) is 127 cm³/mol. The Labute approximate surface area is 205 Å². The molecule has 0 spiro atoms. The third-order valence-corrected chi connectivity index (χ3v) is 5.53. The molecule has 2 aromatic carbocycles. The Morgan fingerprint density at radius 3 is 2.41 bits per heavy atom. The zero-order valence-corrected chi connectivity index (χ0v) is 19.8. The minimum absolute atomic E-state index is 0.0566. The van der Waals surface area contributed by atoms with Gasteiger partial charge < -0.3 is 20.1 Å². The molecule has 176 valence electrons. The van der Waals surface area contributed by atoms with Gasteiger partial charge in [0, 0.05) is 24.0 Å². The molecule has 0 saturated heterocycles. The second-order valence-corrected chi connectivity index (χ2v) is 7.81. The first-order valence-electron chi connectivity index (χ1n) is 9.85. The third kappa shape index (κ3) is 5.81. The van der Waals surface area contributed by atoms with Crippen molar-refractivity contribution in [3.05, 3.63) is 75.7 Å². The van der Waals surface area contributed by atoms with Gasteiger partial charge >= 0.3 is 0 Å². The van der Waals surface area contributed by atoms with Crippen molar-refractivity contribution in [1.82, 2.24) is 9.97 Å². The zero-order valence-electron chi connectivity index (χ0n) is 18.2. The molecule has 0 fully saturated rings. The molecular weight excluding hydrogens is 483 g/mol. The topological polar surface area (TPSA) is 125 Å². The number of anilines is 1. The highest BCUT2D eigenvalue weighted by molar-refractivity contribution is 6.42. The van der Waals surface area contributed by atoms with Crippen molar-refractivity contribution in [3.63, 3.8) is 0 Å². The number of carbonyl (C=O) groups is 3. The lowest BCUT2D eigenvalue weighted by Gasteiger charge is -2.24. The zero-order chi connectivity index (χ0) is 24.8. The highest BCUT2D eigenvalue weighted by Gasteiger charge is 2.24. The van der Waals surface area contributed by atoms with E-state index in [1.54, 1.807) is 18.2 Å². The van der Waals surface area contributed by atoms with Crippen LogP contribution in [0.25, 0.3) is 0 Å². The second-order valence-electron chi connectivity index (χ2n) is 7.00. The molecule has 2 amide bonds. The average molecular weight is 503 g/mol. The molecule has 0 unspecified atom stereocenters. The van der Waals surface area contributed by atoms with Crippen LogP contribution in [0.1, 0.15) is 33.0 Å². The number of halogens is 2. The smallest absolute Gasteiger partial charge is 0.252 e. The van der Waals surface area contributed by atoms with Crippen LogP contribution in [0.2, 0.25) is 10.0 Å². The molecule has 3 aromatic rings. The van der Waals surface area contributed by atoms with Crippen LogP contribution in [-0.2, 0) is 11.3 Å². The van der Waals surface area contributed by atoms with Crippen LogP contribution in [0, 0.1) is 0 Å². The van der Waals surface area contributed by atoms with Crippen molar-refractivity contribution in [2.24, 2.45) is 5.73 Å². The Hall–Kier alpha value is -3.69. The fourth-order valence-corrected chi connectivity index (χ4v) is 3.42. The van der Waals surface area contributed by atoms with Crippen LogP contribution in [0.15, 0.2) is 48.7 Å². The maximum Gasteiger partial charge on any atom is 0.252 e. The van der Waals surface area contributed by atoms with Gasteiger partial charge in [-0.25, -0.2) is 4.98 Å². The number of hydrogen-bond acceptors (Lipinski definition) is 7. The van der Waals surface area contributed by atoms with Crippen LogP contribution >= 0.6 is 23.2 Å². The number of rotatable bonds is 9. The quantitative estimate of drug-likeness (QED) is 0.349. The molecule has 0 aliphatic rings. The first kappa shape index (κ1) is 24.9. The third-order valence-electron chi connectivity index (χ3n) is 4.79. The number of ketones is 1. The molecule has 2 N–H and O–H groups in total. The number of nitrogens with two attached hydrogens (primary N) is 1. The van der Waals surface area contributed by atoms with E-state index >= 15 is 0 Å². The maximum absolute atomic E-state index is 13.3. The molecule has 0 atom stereocenters. The minimum atomic E-state index is -0.684. The number of amides is 2. The summed E-state index contributed by atoms with van der Waals surface area (Å²) in [7, 11) is 2.78. The van der Waals surface area contributed by atoms with Crippen molar-refractivity contribution in [1.29, 1.82) is 0 Å². The average Bonchev–Trinajstić information content (AvgIpc) is 2.84. The molecule has 1 heterocycles. The molecule has 0 radical (unpaired) electrons. The summed E-state index contributed by atoms with van der Waals surface area (Å²) in [6.07, 6.45) is 0.846. The standard InChI is InChI=1S/C23H20Cl2N4O5/c1-33-19-10-14(4-5-15(19)22(26)32)29(12-13-3-6-16(24)17(25)9-13)21(31)11-18(30)23-27-8-7-20(28-23)34-2/h3-10H,11-12H2,1-2H3,(H2,26,32). The Morgan fingerprint density at radius 2 is 1.76 bits per heavy atom. The summed E-state index contributed by atoms with van der Waals surface area (Å²) in [5, 5.41) is 0.676. The Bertz CT molecular complexity index is 1250. The van der Waals surface area contributed by atoms with E-state index in [4.69, 9.17) is 38.4 Å². The van der Waals surface area contributed by atoms with Gasteiger partial charge in [0.1, 0.15) is 5.75 Å². The van der Waals surface area contributed by atoms with Crippen molar-refractivity contribution < 1.29 is 23.9 Å². The fourth-order valence-electron chi connectivity index (χ4n) is 3.10. The van der Waals surface area contributed by atoms with Gasteiger partial charge in [0.05, 0.1) is 42.8 Å². The van der Waals surface area contributed by atoms with Crippen molar-refractivity contribution in [2.45, 2.75) is 13.0 Å². The molecule has 0 aliphatic heterocycles. The summed E-state index contributed by atoms with van der Waals surface area (Å²) in [5.74, 6) is -1.59. The number of benzene rings is 2. The van der Waals surface area contributed by atoms with Gasteiger partial charge in [-0.15, -0.1) is 0 Å². The Kier molecular flexibility index (Phi) is 8.04. The van der Waals surface area contributed by atoms with E-state index in [0.717, 1.165) is 0 Å². The number of carbonyl (C=O) groups excluding carboxylic acids is 3. The molecular formula is C23H20Cl2N4O5. The molecule has 3 rings (SSSR count). The van der Waals surface area contributed by atoms with Crippen LogP contribution < -0.4 is 20.1 Å². The fraction of sp³-hybridized carbons (Fsp3) is 0.174. The van der Waals surface area contributed by atoms with Gasteiger partial charge in [-0.2, -0.15) is 4.98 Å². The SMILES string of the molecule is COc1ccnc(C(=O)CC(=O)N(Cc2ccc(Cl)c(Cl)c2)c2ccc(C(N)=O)c(OC)c2)n1. The van der Waals surface area contributed by atoms with Gasteiger partial charge in [0.25, 0.3) is 5.91 Å². The van der Waals surface area contributed by atoms with Crippen molar-refractivity contribution in [2.75, 3.05) is 19.1 Å². The molecule has 34 heavy (non-hydrogen) atoms. The Morgan fingerprint density at radius 1 is 1.00 bits per heavy atom. The maximum atomic E-state index is 13.3. The highest BCUT2D eigenvalue weighted by atomic mass is 35.5. The number of nitrogens with zero attached hydrogens (tertiary/aromatic N) is 3. The van der Waals surface area contributed by atoms with E-state index in [-0.39, 0.29) is 29.6 Å². The highest BCUT2D eigenvalue weighted by Crippen LogP contribution is 2.29. The lowest BCUT2D eigenvalue weighted by molar-refractivity contribution is -0.117. The monoisotopic (exact) mass is 502 g/mol. The van der Waals surface area contributed by atoms with Crippen LogP contribution in [0.5, 0.6) is 11.6 Å². The Balaban J connectivity index is 1.96. The molecule has 0 bridgehead atoms. The summed E-state index contributed by atoms with van der Waals surface area (Å²) < 4.78 is 10.3. The van der Waals surface area contributed by atoms with Crippen molar-refractivity contribution in [3.8, 4) is 11.6 Å². The summed E-state index contributed by atoms with van der Waals surface area (Å²) in [5.41, 5.74) is 6.57. The van der Waals surface area contributed by atoms with Crippen molar-refractivity contribution >= 4 is 46.5 Å². The minimum Gasteiger partial charge on any atom is -0.496 e. The van der Waals surface area contributed by atoms with Crippen LogP contribution in [0.4, 0.5) is 5.69 Å². The summed E-state index contributed by atoms with van der Waals surface area (Å²) in [6.45, 7) is 0.0566. The van der Waals surface area contributed by atoms with Gasteiger partial charge in [-0.3, -0.25) is 14.4 Å². The first-order valence-corrected chi connectivity index (χ1v) is 10.6. The summed E-state index contributed by atoms with van der Waals surface area (Å²) >= 11 is 12.1. The van der Waals surface area contributed by atoms with E-state index < -0.39 is 24.0 Å². The molecule has 11 heteroatoms. The largest absolute Gasteiger partial charge is 0.496 e. The molecule has 9 nitrogen and oxygen atoms in total. The summed E-state index contributed by atoms with van der Waals surface area (Å²) in [6, 6.07) is 10.9. The van der Waals surface area contributed by atoms with E-state index in [1.165, 1.54) is 49.6 Å². The van der Waals surface area contributed by atoms with Gasteiger partial charge in [0.2, 0.25) is 17.6 Å². The number of ether oxygens (including phenoxy) is 2. The number of methoxy groups -OCH3 is 2. The first-order chi connectivity index (χ1) is 16.2. The molecule has 0 aliphatic carbocycles. The van der Waals surface area contributed by atoms with Gasteiger partial charge in [-0.1, -0.05) is 29.3 Å². The van der Waals surface area contributed by atoms with E-state index in [2.05, 4.69) is 9.97 Å². The predicted octanol–water partition coefficient (Wildman–Crippen LogP) is 3.71. The molecule has 1 aromatic heterocycles. The summed E-state index contributed by atoms with van der Waals surface area (Å²) in [4.78, 5) is 46.9. The van der Waals surface area contributed by atoms with Crippen LogP contribution in [-0.4, -0.2) is 41.8 Å². The second kappa shape index (κ2) is 11.0. The number of primary amides is 1. The number of Topliss-reactive ketones (excluding diaryl/α,β-unsaturated/α-hetero) is 1. The van der Waals surface area contributed by atoms with E-state index in [1.807, 2.05) is 0 Å². The van der Waals surface area contributed by atoms with E-state index in [0.29, 0.717) is 21.3 Å². The normalized spacial score (nSPS) is 10.5. The lowest BCUT2D eigenvalue weighted by atomic mass is 10.1. The van der Waals surface area contributed by atoms with Crippen LogP contribution in [0.3, 0.4) is 0 Å². The van der Waals surface area contributed by atoms with E-state index in [9.17, 15) is 14.4 Å². The van der Waals surface area contributed by atoms with Gasteiger partial charge in [-0.05, 0) is 29.8 Å². The number of aromatic nitrogens is 2. The lowest BCUT2D eigenvalue weighted by Crippen LogP contribution is -2.32. The van der Waals surface area contributed by atoms with Gasteiger partial charge in [0.15, 0.2) is 5.82 Å². The molecule has 0 saturated carbocycles. The number of hydrogen-bond donors (Lipinski definition) is 1.